The Bertz CT molecular complexity index is 819. The Morgan fingerprint density at radius 2 is 1.73 bits per heavy atom. The maximum atomic E-state index is 11.5. The van der Waals surface area contributed by atoms with Crippen LogP contribution in [0.15, 0.2) is 11.0 Å². The predicted molar refractivity (Wildman–Crippen MR) is 85.3 cm³/mol. The molecule has 0 aromatic carbocycles. The van der Waals surface area contributed by atoms with Crippen molar-refractivity contribution in [3.05, 3.63) is 21.3 Å². The molecule has 0 aliphatic carbocycles. The Kier molecular flexibility index (Phi) is 6.21. The lowest BCUT2D eigenvalue weighted by Crippen LogP contribution is -2.56. The van der Waals surface area contributed by atoms with Gasteiger partial charge in [-0.25, -0.2) is 4.68 Å². The highest BCUT2D eigenvalue weighted by molar-refractivity contribution is 7.71. The number of aromatic nitrogens is 3. The largest absolute Gasteiger partial charge is 0.456 e. The van der Waals surface area contributed by atoms with Crippen LogP contribution in [0, 0.1) is 4.77 Å². The molecular weight excluding hydrogens is 370 g/mol. The number of nitrogens with zero attached hydrogens (tertiary/aromatic N) is 2. The van der Waals surface area contributed by atoms with E-state index < -0.39 is 48.0 Å². The third-order valence-electron chi connectivity index (χ3n) is 3.30. The molecule has 0 amide bonds. The first kappa shape index (κ1) is 19.7. The van der Waals surface area contributed by atoms with E-state index in [1.165, 1.54) is 6.92 Å². The van der Waals surface area contributed by atoms with Crippen molar-refractivity contribution >= 4 is 30.1 Å². The second kappa shape index (κ2) is 8.19. The maximum absolute atomic E-state index is 11.5. The van der Waals surface area contributed by atoms with E-state index in [0.717, 1.165) is 24.7 Å². The van der Waals surface area contributed by atoms with Gasteiger partial charge in [-0.1, -0.05) is 0 Å². The van der Waals surface area contributed by atoms with Gasteiger partial charge in [-0.3, -0.25) is 24.2 Å². The minimum Gasteiger partial charge on any atom is -0.456 e. The summed E-state index contributed by atoms with van der Waals surface area (Å²) in [4.78, 5) is 48.0. The fourth-order valence-corrected chi connectivity index (χ4v) is 2.73. The predicted octanol–water partition coefficient (Wildman–Crippen LogP) is -0.375. The van der Waals surface area contributed by atoms with Crippen LogP contribution in [-0.4, -0.2) is 57.6 Å². The summed E-state index contributed by atoms with van der Waals surface area (Å²) in [6.07, 6.45) is -3.54. The minimum absolute atomic E-state index is 0.0906. The summed E-state index contributed by atoms with van der Waals surface area (Å²) in [5.74, 6) is -2.00. The SMILES string of the molecule is CC(=O)O[C@@H]1[C@H](OC(C)=O)[C@@H](n2ncc(=O)[nH]c2=S)OC[C@H]1OC(C)=O. The summed E-state index contributed by atoms with van der Waals surface area (Å²) in [6, 6.07) is 0. The number of carbonyl (C=O) groups excluding carboxylic acids is 3. The maximum Gasteiger partial charge on any atom is 0.303 e. The average molecular weight is 387 g/mol. The highest BCUT2D eigenvalue weighted by Gasteiger charge is 2.48. The molecule has 11 nitrogen and oxygen atoms in total. The van der Waals surface area contributed by atoms with Gasteiger partial charge in [-0.15, -0.1) is 0 Å². The minimum atomic E-state index is -1.22. The molecule has 12 heteroatoms. The quantitative estimate of drug-likeness (QED) is 0.413. The number of esters is 3. The number of ether oxygens (including phenoxy) is 4. The molecule has 2 rings (SSSR count). The van der Waals surface area contributed by atoms with E-state index in [4.69, 9.17) is 31.2 Å². The van der Waals surface area contributed by atoms with Crippen LogP contribution in [-0.2, 0) is 33.3 Å². The number of carbonyl (C=O) groups is 3. The lowest BCUT2D eigenvalue weighted by atomic mass is 10.0. The second-order valence-corrected chi connectivity index (χ2v) is 5.79. The van der Waals surface area contributed by atoms with Gasteiger partial charge in [0.2, 0.25) is 0 Å². The lowest BCUT2D eigenvalue weighted by Gasteiger charge is -2.40. The molecule has 0 spiro atoms. The molecule has 1 N–H and O–H groups in total. The molecule has 0 radical (unpaired) electrons. The Morgan fingerprint density at radius 3 is 2.27 bits per heavy atom. The van der Waals surface area contributed by atoms with Crippen LogP contribution in [0.25, 0.3) is 0 Å². The number of nitrogens with one attached hydrogen (secondary N) is 1. The fraction of sp³-hybridized carbons (Fsp3) is 0.571. The molecule has 1 aliphatic rings. The summed E-state index contributed by atoms with van der Waals surface area (Å²) in [5, 5.41) is 3.86. The molecule has 4 atom stereocenters. The van der Waals surface area contributed by atoms with Gasteiger partial charge in [-0.2, -0.15) is 5.10 Å². The topological polar surface area (TPSA) is 139 Å². The van der Waals surface area contributed by atoms with Crippen molar-refractivity contribution in [2.24, 2.45) is 0 Å². The smallest absolute Gasteiger partial charge is 0.303 e. The summed E-state index contributed by atoms with van der Waals surface area (Å²) in [5.41, 5.74) is -0.527. The molecular formula is C14H17N3O8S. The molecule has 0 unspecified atom stereocenters. The van der Waals surface area contributed by atoms with Gasteiger partial charge < -0.3 is 18.9 Å². The summed E-state index contributed by atoms with van der Waals surface area (Å²) < 4.78 is 22.2. The van der Waals surface area contributed by atoms with Gasteiger partial charge in [0.05, 0.1) is 6.61 Å². The summed E-state index contributed by atoms with van der Waals surface area (Å²) in [6.45, 7) is 3.31. The van der Waals surface area contributed by atoms with Gasteiger partial charge in [0, 0.05) is 20.8 Å². The van der Waals surface area contributed by atoms with Crippen molar-refractivity contribution < 1.29 is 33.3 Å². The van der Waals surface area contributed by atoms with Crippen LogP contribution in [0.2, 0.25) is 0 Å². The molecule has 1 fully saturated rings. The number of hydrogen-bond donors (Lipinski definition) is 1. The summed E-state index contributed by atoms with van der Waals surface area (Å²) in [7, 11) is 0. The van der Waals surface area contributed by atoms with Crippen LogP contribution >= 0.6 is 12.2 Å². The van der Waals surface area contributed by atoms with E-state index in [0.29, 0.717) is 0 Å². The van der Waals surface area contributed by atoms with E-state index in [9.17, 15) is 19.2 Å². The van der Waals surface area contributed by atoms with E-state index in [1.54, 1.807) is 0 Å². The summed E-state index contributed by atoms with van der Waals surface area (Å²) >= 11 is 5.04. The van der Waals surface area contributed by atoms with Crippen molar-refractivity contribution in [1.29, 1.82) is 0 Å². The molecule has 1 saturated heterocycles. The Morgan fingerprint density at radius 1 is 1.15 bits per heavy atom. The third kappa shape index (κ3) is 4.73. The molecule has 1 aromatic rings. The van der Waals surface area contributed by atoms with Gasteiger partial charge in [-0.05, 0) is 12.2 Å². The van der Waals surface area contributed by atoms with Crippen LogP contribution in [0.5, 0.6) is 0 Å². The van der Waals surface area contributed by atoms with E-state index in [-0.39, 0.29) is 11.4 Å². The Labute approximate surface area is 152 Å². The van der Waals surface area contributed by atoms with Gasteiger partial charge >= 0.3 is 17.9 Å². The molecule has 0 bridgehead atoms. The Balaban J connectivity index is 2.46. The van der Waals surface area contributed by atoms with Crippen molar-refractivity contribution in [2.45, 2.75) is 45.3 Å². The third-order valence-corrected chi connectivity index (χ3v) is 3.59. The monoisotopic (exact) mass is 387 g/mol. The molecule has 142 valence electrons. The van der Waals surface area contributed by atoms with E-state index >= 15 is 0 Å². The zero-order valence-electron chi connectivity index (χ0n) is 14.2. The highest BCUT2D eigenvalue weighted by atomic mass is 32.1. The normalized spacial score (nSPS) is 25.2. The van der Waals surface area contributed by atoms with Crippen LogP contribution in [0.4, 0.5) is 0 Å². The van der Waals surface area contributed by atoms with Crippen molar-refractivity contribution in [3.63, 3.8) is 0 Å². The van der Waals surface area contributed by atoms with Crippen LogP contribution in [0.1, 0.15) is 27.0 Å². The number of hydrogen-bond acceptors (Lipinski definition) is 10. The van der Waals surface area contributed by atoms with Crippen molar-refractivity contribution in [3.8, 4) is 0 Å². The van der Waals surface area contributed by atoms with Gasteiger partial charge in [0.1, 0.15) is 6.20 Å². The van der Waals surface area contributed by atoms with Crippen LogP contribution in [0.3, 0.4) is 0 Å². The second-order valence-electron chi connectivity index (χ2n) is 5.40. The molecule has 1 aromatic heterocycles. The number of H-pyrrole nitrogens is 1. The first-order valence-corrected chi connectivity index (χ1v) is 7.91. The standard InChI is InChI=1S/C14H17N3O8S/c1-6(18)23-9-5-22-13(17-14(26)16-10(21)4-15-17)12(25-8(3)20)11(9)24-7(2)19/h4,9,11-13H,5H2,1-3H3,(H,16,21,26)/t9-,11+,12+,13+/m1/s1. The van der Waals surface area contributed by atoms with Gasteiger partial charge in [0.25, 0.3) is 5.56 Å². The zero-order chi connectivity index (χ0) is 19.4. The molecule has 0 saturated carbocycles. The highest BCUT2D eigenvalue weighted by Crippen LogP contribution is 2.30. The lowest BCUT2D eigenvalue weighted by molar-refractivity contribution is -0.242. The first-order chi connectivity index (χ1) is 12.2. The average Bonchev–Trinajstić information content (AvgIpc) is 2.50. The zero-order valence-corrected chi connectivity index (χ0v) is 15.0. The molecule has 26 heavy (non-hydrogen) atoms. The number of aromatic amines is 1. The molecule has 1 aliphatic heterocycles. The first-order valence-electron chi connectivity index (χ1n) is 7.50. The van der Waals surface area contributed by atoms with E-state index in [1.807, 2.05) is 0 Å². The molecule has 2 heterocycles. The van der Waals surface area contributed by atoms with Crippen LogP contribution < -0.4 is 5.56 Å². The van der Waals surface area contributed by atoms with Crippen molar-refractivity contribution in [2.75, 3.05) is 6.61 Å². The number of rotatable bonds is 4. The fourth-order valence-electron chi connectivity index (χ4n) is 2.48. The van der Waals surface area contributed by atoms with E-state index in [2.05, 4.69) is 10.1 Å². The Hall–Kier alpha value is -2.60. The van der Waals surface area contributed by atoms with Crippen molar-refractivity contribution in [1.82, 2.24) is 14.8 Å². The van der Waals surface area contributed by atoms with Gasteiger partial charge in [0.15, 0.2) is 29.3 Å².